The molecule has 4 heteroatoms. The molecule has 0 fully saturated rings. The van der Waals surface area contributed by atoms with Gasteiger partial charge in [0, 0.05) is 28.1 Å². The molecule has 0 aliphatic carbocycles. The molecule has 0 amide bonds. The third-order valence-electron chi connectivity index (χ3n) is 4.67. The summed E-state index contributed by atoms with van der Waals surface area (Å²) in [5.41, 5.74) is 4.96. The second-order valence-electron chi connectivity index (χ2n) is 7.55. The molecule has 3 N–H and O–H groups in total. The van der Waals surface area contributed by atoms with Crippen LogP contribution in [0.25, 0.3) is 22.3 Å². The Morgan fingerprint density at radius 1 is 0.821 bits per heavy atom. The molecule has 4 nitrogen and oxygen atoms in total. The van der Waals surface area contributed by atoms with Gasteiger partial charge in [0.1, 0.15) is 28.6 Å². The highest BCUT2D eigenvalue weighted by molar-refractivity contribution is 5.88. The zero-order valence-corrected chi connectivity index (χ0v) is 16.7. The van der Waals surface area contributed by atoms with Crippen molar-refractivity contribution in [1.82, 2.24) is 0 Å². The first-order valence-electron chi connectivity index (χ1n) is 9.32. The summed E-state index contributed by atoms with van der Waals surface area (Å²) in [6.07, 6.45) is 5.15. The van der Waals surface area contributed by atoms with Gasteiger partial charge in [-0.25, -0.2) is 0 Å². The van der Waals surface area contributed by atoms with Crippen LogP contribution in [0.15, 0.2) is 58.0 Å². The summed E-state index contributed by atoms with van der Waals surface area (Å²) in [5.74, 6) is 0.735. The fourth-order valence-electron chi connectivity index (χ4n) is 3.17. The number of benzene rings is 2. The van der Waals surface area contributed by atoms with Crippen molar-refractivity contribution in [1.29, 1.82) is 0 Å². The van der Waals surface area contributed by atoms with Crippen LogP contribution in [-0.2, 0) is 12.8 Å². The van der Waals surface area contributed by atoms with Gasteiger partial charge in [0.2, 0.25) is 0 Å². The summed E-state index contributed by atoms with van der Waals surface area (Å²) in [7, 11) is 0. The number of phenols is 3. The molecule has 3 rings (SSSR count). The number of hydrogen-bond acceptors (Lipinski definition) is 4. The molecular weight excluding hydrogens is 352 g/mol. The predicted octanol–water partition coefficient (Wildman–Crippen LogP) is 6.23. The summed E-state index contributed by atoms with van der Waals surface area (Å²) >= 11 is 0. The molecule has 0 radical (unpaired) electrons. The number of aromatic hydroxyl groups is 3. The Bertz CT molecular complexity index is 1080. The largest absolute Gasteiger partial charge is 0.508 e. The van der Waals surface area contributed by atoms with Crippen molar-refractivity contribution < 1.29 is 19.7 Å². The van der Waals surface area contributed by atoms with E-state index in [1.165, 1.54) is 6.07 Å². The third-order valence-corrected chi connectivity index (χ3v) is 4.67. The molecule has 0 spiro atoms. The van der Waals surface area contributed by atoms with Crippen molar-refractivity contribution in [2.75, 3.05) is 0 Å². The van der Waals surface area contributed by atoms with E-state index >= 15 is 0 Å². The first kappa shape index (κ1) is 19.6. The van der Waals surface area contributed by atoms with Crippen LogP contribution in [0.3, 0.4) is 0 Å². The Kier molecular flexibility index (Phi) is 5.50. The van der Waals surface area contributed by atoms with Crippen molar-refractivity contribution in [3.05, 3.63) is 64.8 Å². The summed E-state index contributed by atoms with van der Waals surface area (Å²) < 4.78 is 6.12. The zero-order chi connectivity index (χ0) is 20.4. The lowest BCUT2D eigenvalue weighted by molar-refractivity contribution is 0.446. The fourth-order valence-corrected chi connectivity index (χ4v) is 3.17. The third kappa shape index (κ3) is 4.06. The lowest BCUT2D eigenvalue weighted by Crippen LogP contribution is -1.89. The van der Waals surface area contributed by atoms with Crippen LogP contribution in [0, 0.1) is 0 Å². The van der Waals surface area contributed by atoms with Crippen molar-refractivity contribution in [3.63, 3.8) is 0 Å². The van der Waals surface area contributed by atoms with E-state index in [9.17, 15) is 15.3 Å². The molecule has 3 aromatic rings. The summed E-state index contributed by atoms with van der Waals surface area (Å²) in [5, 5.41) is 31.6. The first-order valence-corrected chi connectivity index (χ1v) is 9.32. The monoisotopic (exact) mass is 378 g/mol. The number of hydrogen-bond donors (Lipinski definition) is 3. The molecule has 28 heavy (non-hydrogen) atoms. The van der Waals surface area contributed by atoms with E-state index in [4.69, 9.17) is 4.42 Å². The van der Waals surface area contributed by atoms with E-state index in [2.05, 4.69) is 0 Å². The molecule has 0 aliphatic rings. The molecule has 1 heterocycles. The van der Waals surface area contributed by atoms with Crippen LogP contribution < -0.4 is 0 Å². The predicted molar refractivity (Wildman–Crippen MR) is 113 cm³/mol. The van der Waals surface area contributed by atoms with Gasteiger partial charge >= 0.3 is 0 Å². The van der Waals surface area contributed by atoms with Crippen LogP contribution in [0.4, 0.5) is 0 Å². The van der Waals surface area contributed by atoms with Crippen LogP contribution in [0.1, 0.15) is 38.8 Å². The van der Waals surface area contributed by atoms with E-state index in [0.717, 1.165) is 22.1 Å². The minimum atomic E-state index is -0.0264. The van der Waals surface area contributed by atoms with E-state index in [1.54, 1.807) is 12.1 Å². The van der Waals surface area contributed by atoms with Crippen molar-refractivity contribution >= 4 is 11.0 Å². The lowest BCUT2D eigenvalue weighted by atomic mass is 9.99. The fraction of sp³-hybridized carbons (Fsp3) is 0.250. The minimum Gasteiger partial charge on any atom is -0.508 e. The van der Waals surface area contributed by atoms with E-state index in [-0.39, 0.29) is 17.2 Å². The SMILES string of the molecule is CC(C)=CCc1c(O)cc(O)cc1-c1cc2ccc(O)c(CC=C(C)C)c2o1. The Hall–Kier alpha value is -3.14. The molecule has 0 bridgehead atoms. The number of furan rings is 1. The molecule has 146 valence electrons. The Morgan fingerprint density at radius 3 is 2.11 bits per heavy atom. The first-order chi connectivity index (χ1) is 13.3. The van der Waals surface area contributed by atoms with Gasteiger partial charge in [-0.15, -0.1) is 0 Å². The maximum atomic E-state index is 10.4. The molecular formula is C24H26O4. The molecule has 1 aromatic heterocycles. The molecule has 2 aromatic carbocycles. The van der Waals surface area contributed by atoms with Crippen molar-refractivity contribution in [2.45, 2.75) is 40.5 Å². The number of phenolic OH excluding ortho intramolecular Hbond substituents is 3. The Balaban J connectivity index is 2.18. The van der Waals surface area contributed by atoms with Crippen LogP contribution in [0.5, 0.6) is 17.2 Å². The minimum absolute atomic E-state index is 0.0264. The summed E-state index contributed by atoms with van der Waals surface area (Å²) in [6, 6.07) is 8.29. The van der Waals surface area contributed by atoms with E-state index in [0.29, 0.717) is 35.3 Å². The lowest BCUT2D eigenvalue weighted by Gasteiger charge is -2.09. The van der Waals surface area contributed by atoms with Gasteiger partial charge < -0.3 is 19.7 Å². The molecule has 0 aliphatic heterocycles. The van der Waals surface area contributed by atoms with E-state index in [1.807, 2.05) is 52.0 Å². The molecule has 0 atom stereocenters. The molecule has 0 saturated carbocycles. The van der Waals surface area contributed by atoms with E-state index < -0.39 is 0 Å². The topological polar surface area (TPSA) is 73.8 Å². The smallest absolute Gasteiger partial charge is 0.142 e. The van der Waals surface area contributed by atoms with Crippen LogP contribution in [-0.4, -0.2) is 15.3 Å². The van der Waals surface area contributed by atoms with Crippen molar-refractivity contribution in [2.24, 2.45) is 0 Å². The molecule has 0 unspecified atom stereocenters. The maximum absolute atomic E-state index is 10.4. The van der Waals surface area contributed by atoms with Gasteiger partial charge in [0.25, 0.3) is 0 Å². The van der Waals surface area contributed by atoms with Crippen LogP contribution in [0.2, 0.25) is 0 Å². The highest BCUT2D eigenvalue weighted by Crippen LogP contribution is 2.39. The average molecular weight is 378 g/mol. The highest BCUT2D eigenvalue weighted by Gasteiger charge is 2.17. The normalized spacial score (nSPS) is 10.9. The molecule has 0 saturated heterocycles. The number of rotatable bonds is 5. The van der Waals surface area contributed by atoms with Gasteiger partial charge in [-0.1, -0.05) is 23.3 Å². The summed E-state index contributed by atoms with van der Waals surface area (Å²) in [4.78, 5) is 0. The standard InChI is InChI=1S/C24H26O4/c1-14(2)5-8-18-20(12-17(25)13-22(18)27)23-11-16-7-10-21(26)19(24(16)28-23)9-6-15(3)4/h5-7,10-13,25-27H,8-9H2,1-4H3. The Labute approximate surface area is 165 Å². The van der Waals surface area contributed by atoms with Crippen molar-refractivity contribution in [3.8, 4) is 28.6 Å². The van der Waals surface area contributed by atoms with Gasteiger partial charge in [-0.2, -0.15) is 0 Å². The zero-order valence-electron chi connectivity index (χ0n) is 16.7. The quantitative estimate of drug-likeness (QED) is 0.460. The summed E-state index contributed by atoms with van der Waals surface area (Å²) in [6.45, 7) is 8.01. The maximum Gasteiger partial charge on any atom is 0.142 e. The Morgan fingerprint density at radius 2 is 1.46 bits per heavy atom. The van der Waals surface area contributed by atoms with Gasteiger partial charge in [-0.05, 0) is 64.8 Å². The second kappa shape index (κ2) is 7.85. The average Bonchev–Trinajstić information content (AvgIpc) is 3.03. The van der Waals surface area contributed by atoms with Gasteiger partial charge in [0.05, 0.1) is 0 Å². The highest BCUT2D eigenvalue weighted by atomic mass is 16.3. The van der Waals surface area contributed by atoms with Gasteiger partial charge in [-0.3, -0.25) is 0 Å². The second-order valence-corrected chi connectivity index (χ2v) is 7.55. The number of fused-ring (bicyclic) bond motifs is 1. The van der Waals surface area contributed by atoms with Gasteiger partial charge in [0.15, 0.2) is 0 Å². The number of allylic oxidation sites excluding steroid dienone is 4. The van der Waals surface area contributed by atoms with Crippen LogP contribution >= 0.6 is 0 Å².